The van der Waals surface area contributed by atoms with Crippen LogP contribution in [0, 0.1) is 0 Å². The first-order valence-corrected chi connectivity index (χ1v) is 5.39. The molecule has 16 heavy (non-hydrogen) atoms. The monoisotopic (exact) mass is 287 g/mol. The maximum absolute atomic E-state index is 12.0. The fraction of sp³-hybridized carbons (Fsp3) is 0.200. The Hall–Kier alpha value is -1.30. The lowest BCUT2D eigenvalue weighted by atomic mass is 10.2. The second kappa shape index (κ2) is 4.69. The zero-order valence-electron chi connectivity index (χ0n) is 8.12. The van der Waals surface area contributed by atoms with E-state index >= 15 is 0 Å². The number of hydrogen-bond acceptors (Lipinski definition) is 3. The molecule has 1 N–H and O–H groups in total. The molecule has 0 saturated heterocycles. The van der Waals surface area contributed by atoms with E-state index in [2.05, 4.69) is 31.2 Å². The summed E-state index contributed by atoms with van der Waals surface area (Å²) in [6.45, 7) is -0.442. The Morgan fingerprint density at radius 2 is 2.19 bits per heavy atom. The van der Waals surface area contributed by atoms with Crippen molar-refractivity contribution in [2.24, 2.45) is 0 Å². The van der Waals surface area contributed by atoms with Crippen molar-refractivity contribution in [2.75, 3.05) is 11.9 Å². The van der Waals surface area contributed by atoms with Crippen molar-refractivity contribution in [3.63, 3.8) is 0 Å². The number of rotatable bonds is 3. The lowest BCUT2D eigenvalue weighted by Crippen LogP contribution is -2.12. The minimum Gasteiger partial charge on any atom is -0.348 e. The van der Waals surface area contributed by atoms with Gasteiger partial charge in [0.15, 0.2) is 0 Å². The number of hydrogen-bond donors (Lipinski definition) is 1. The molecule has 0 unspecified atom stereocenters. The predicted molar refractivity (Wildman–Crippen MR) is 61.7 cm³/mol. The van der Waals surface area contributed by atoms with Crippen LogP contribution in [-0.2, 0) is 0 Å². The number of anilines is 1. The SMILES string of the molecule is FC(F)CNc1ncc2cc(Br)ccc2n1. The molecular weight excluding hydrogens is 280 g/mol. The van der Waals surface area contributed by atoms with E-state index in [1.54, 1.807) is 12.3 Å². The summed E-state index contributed by atoms with van der Waals surface area (Å²) >= 11 is 3.33. The van der Waals surface area contributed by atoms with Gasteiger partial charge in [0.05, 0.1) is 12.1 Å². The van der Waals surface area contributed by atoms with Gasteiger partial charge in [0.25, 0.3) is 6.43 Å². The van der Waals surface area contributed by atoms with Gasteiger partial charge in [0.1, 0.15) is 0 Å². The van der Waals surface area contributed by atoms with Gasteiger partial charge in [0, 0.05) is 16.1 Å². The quantitative estimate of drug-likeness (QED) is 0.943. The predicted octanol–water partition coefficient (Wildman–Crippen LogP) is 3.07. The third-order valence-corrected chi connectivity index (χ3v) is 2.45. The number of halogens is 3. The van der Waals surface area contributed by atoms with Gasteiger partial charge >= 0.3 is 0 Å². The van der Waals surface area contributed by atoms with Crippen molar-refractivity contribution in [3.8, 4) is 0 Å². The van der Waals surface area contributed by atoms with Crippen molar-refractivity contribution in [3.05, 3.63) is 28.9 Å². The van der Waals surface area contributed by atoms with E-state index in [-0.39, 0.29) is 5.95 Å². The molecule has 0 radical (unpaired) electrons. The van der Waals surface area contributed by atoms with Gasteiger partial charge < -0.3 is 5.32 Å². The summed E-state index contributed by atoms with van der Waals surface area (Å²) in [5.74, 6) is 0.218. The van der Waals surface area contributed by atoms with Crippen molar-refractivity contribution in [2.45, 2.75) is 6.43 Å². The van der Waals surface area contributed by atoms with Crippen LogP contribution in [0.25, 0.3) is 10.9 Å². The first-order chi connectivity index (χ1) is 7.65. The Balaban J connectivity index is 2.26. The highest BCUT2D eigenvalue weighted by Crippen LogP contribution is 2.18. The van der Waals surface area contributed by atoms with E-state index < -0.39 is 13.0 Å². The number of nitrogens with one attached hydrogen (secondary N) is 1. The van der Waals surface area contributed by atoms with E-state index in [9.17, 15) is 8.78 Å². The average Bonchev–Trinajstić information content (AvgIpc) is 2.26. The van der Waals surface area contributed by atoms with E-state index in [4.69, 9.17) is 0 Å². The molecule has 0 spiro atoms. The Labute approximate surface area is 99.0 Å². The summed E-state index contributed by atoms with van der Waals surface area (Å²) in [6.07, 6.45) is -0.815. The second-order valence-corrected chi connectivity index (χ2v) is 4.08. The van der Waals surface area contributed by atoms with Gasteiger partial charge in [-0.25, -0.2) is 18.7 Å². The zero-order chi connectivity index (χ0) is 11.5. The van der Waals surface area contributed by atoms with E-state index in [0.29, 0.717) is 0 Å². The molecule has 1 aromatic carbocycles. The van der Waals surface area contributed by atoms with Gasteiger partial charge in [-0.2, -0.15) is 0 Å². The molecule has 0 amide bonds. The first-order valence-electron chi connectivity index (χ1n) is 4.59. The third-order valence-electron chi connectivity index (χ3n) is 1.96. The lowest BCUT2D eigenvalue weighted by molar-refractivity contribution is 0.163. The first kappa shape index (κ1) is 11.2. The number of benzene rings is 1. The van der Waals surface area contributed by atoms with Crippen LogP contribution in [0.1, 0.15) is 0 Å². The highest BCUT2D eigenvalue weighted by atomic mass is 79.9. The van der Waals surface area contributed by atoms with Crippen LogP contribution in [0.5, 0.6) is 0 Å². The van der Waals surface area contributed by atoms with Crippen LogP contribution >= 0.6 is 15.9 Å². The highest BCUT2D eigenvalue weighted by Gasteiger charge is 2.04. The van der Waals surface area contributed by atoms with Gasteiger partial charge in [-0.3, -0.25) is 0 Å². The molecule has 0 bridgehead atoms. The zero-order valence-corrected chi connectivity index (χ0v) is 9.71. The summed E-state index contributed by atoms with van der Waals surface area (Å²) in [5.41, 5.74) is 0.718. The van der Waals surface area contributed by atoms with Crippen molar-refractivity contribution in [1.29, 1.82) is 0 Å². The third kappa shape index (κ3) is 2.63. The van der Waals surface area contributed by atoms with E-state index in [1.807, 2.05) is 12.1 Å². The molecule has 0 aliphatic rings. The maximum Gasteiger partial charge on any atom is 0.255 e. The molecule has 2 aromatic rings. The lowest BCUT2D eigenvalue weighted by Gasteiger charge is -2.04. The summed E-state index contributed by atoms with van der Waals surface area (Å²) in [4.78, 5) is 8.06. The Morgan fingerprint density at radius 1 is 1.38 bits per heavy atom. The molecular formula is C10H8BrF2N3. The normalized spacial score (nSPS) is 11.0. The molecule has 0 aliphatic carbocycles. The van der Waals surface area contributed by atoms with E-state index in [1.165, 1.54) is 0 Å². The van der Waals surface area contributed by atoms with Gasteiger partial charge in [-0.05, 0) is 18.2 Å². The Kier molecular flexibility index (Phi) is 3.28. The summed E-state index contributed by atoms with van der Waals surface area (Å²) < 4.78 is 24.9. The summed E-state index contributed by atoms with van der Waals surface area (Å²) in [7, 11) is 0. The smallest absolute Gasteiger partial charge is 0.255 e. The summed E-state index contributed by atoms with van der Waals surface area (Å²) in [5, 5.41) is 3.33. The largest absolute Gasteiger partial charge is 0.348 e. The molecule has 0 saturated carbocycles. The van der Waals surface area contributed by atoms with Crippen LogP contribution in [-0.4, -0.2) is 22.9 Å². The Morgan fingerprint density at radius 3 is 2.94 bits per heavy atom. The number of fused-ring (bicyclic) bond motifs is 1. The van der Waals surface area contributed by atoms with Crippen molar-refractivity contribution >= 4 is 32.8 Å². The molecule has 84 valence electrons. The molecule has 3 nitrogen and oxygen atoms in total. The molecule has 0 aliphatic heterocycles. The van der Waals surface area contributed by atoms with Crippen molar-refractivity contribution in [1.82, 2.24) is 9.97 Å². The van der Waals surface area contributed by atoms with Crippen LogP contribution in [0.2, 0.25) is 0 Å². The minimum atomic E-state index is -2.41. The number of nitrogens with zero attached hydrogens (tertiary/aromatic N) is 2. The molecule has 1 heterocycles. The number of alkyl halides is 2. The van der Waals surface area contributed by atoms with Gasteiger partial charge in [-0.1, -0.05) is 15.9 Å². The van der Waals surface area contributed by atoms with Crippen LogP contribution < -0.4 is 5.32 Å². The molecule has 0 atom stereocenters. The van der Waals surface area contributed by atoms with Crippen LogP contribution in [0.4, 0.5) is 14.7 Å². The molecule has 1 aromatic heterocycles. The average molecular weight is 288 g/mol. The molecule has 6 heteroatoms. The van der Waals surface area contributed by atoms with Crippen LogP contribution in [0.3, 0.4) is 0 Å². The van der Waals surface area contributed by atoms with E-state index in [0.717, 1.165) is 15.4 Å². The summed E-state index contributed by atoms with van der Waals surface area (Å²) in [6, 6.07) is 5.51. The minimum absolute atomic E-state index is 0.218. The van der Waals surface area contributed by atoms with Gasteiger partial charge in [0.2, 0.25) is 5.95 Å². The maximum atomic E-state index is 12.0. The van der Waals surface area contributed by atoms with Gasteiger partial charge in [-0.15, -0.1) is 0 Å². The molecule has 0 fully saturated rings. The van der Waals surface area contributed by atoms with Crippen LogP contribution in [0.15, 0.2) is 28.9 Å². The molecule has 2 rings (SSSR count). The number of aromatic nitrogens is 2. The Bertz CT molecular complexity index is 504. The fourth-order valence-electron chi connectivity index (χ4n) is 1.26. The topological polar surface area (TPSA) is 37.8 Å². The highest BCUT2D eigenvalue weighted by molar-refractivity contribution is 9.10. The van der Waals surface area contributed by atoms with Crippen molar-refractivity contribution < 1.29 is 8.78 Å². The fourth-order valence-corrected chi connectivity index (χ4v) is 1.64. The second-order valence-electron chi connectivity index (χ2n) is 3.17. The standard InChI is InChI=1S/C10H8BrF2N3/c11-7-1-2-8-6(3-7)4-14-10(16-8)15-5-9(12)13/h1-4,9H,5H2,(H,14,15,16).